The summed E-state index contributed by atoms with van der Waals surface area (Å²) in [6.45, 7) is 6.46. The van der Waals surface area contributed by atoms with E-state index in [-0.39, 0.29) is 23.9 Å². The summed E-state index contributed by atoms with van der Waals surface area (Å²) in [4.78, 5) is 13.3. The number of piperidine rings is 1. The maximum atomic E-state index is 15.2. The summed E-state index contributed by atoms with van der Waals surface area (Å²) in [6, 6.07) is 1.30. The molecule has 3 nitrogen and oxygen atoms in total. The van der Waals surface area contributed by atoms with E-state index >= 15 is 8.78 Å². The lowest BCUT2D eigenvalue weighted by atomic mass is 9.73. The minimum Gasteiger partial charge on any atom is -0.481 e. The van der Waals surface area contributed by atoms with Gasteiger partial charge in [-0.25, -0.2) is 8.78 Å². The van der Waals surface area contributed by atoms with Gasteiger partial charge in [0.05, 0.1) is 17.4 Å². The Kier molecular flexibility index (Phi) is 9.12. The molecule has 1 saturated heterocycles. The van der Waals surface area contributed by atoms with Gasteiger partial charge < -0.3 is 5.11 Å². The van der Waals surface area contributed by atoms with Crippen LogP contribution >= 0.6 is 0 Å². The van der Waals surface area contributed by atoms with Crippen LogP contribution in [0.3, 0.4) is 0 Å². The van der Waals surface area contributed by atoms with Gasteiger partial charge in [0, 0.05) is 31.5 Å². The van der Waals surface area contributed by atoms with E-state index in [0.29, 0.717) is 6.42 Å². The summed E-state index contributed by atoms with van der Waals surface area (Å²) in [6.07, 6.45) is -10.8. The van der Waals surface area contributed by atoms with E-state index in [4.69, 9.17) is 0 Å². The van der Waals surface area contributed by atoms with Crippen LogP contribution in [0.4, 0.5) is 35.1 Å². The zero-order valence-corrected chi connectivity index (χ0v) is 20.7. The van der Waals surface area contributed by atoms with Crippen molar-refractivity contribution in [3.05, 3.63) is 35.4 Å². The Labute approximate surface area is 205 Å². The number of carboxylic acid groups (broad SMARTS) is 1. The van der Waals surface area contributed by atoms with Crippen molar-refractivity contribution in [1.82, 2.24) is 4.90 Å². The molecule has 4 atom stereocenters. The van der Waals surface area contributed by atoms with Crippen molar-refractivity contribution in [2.24, 2.45) is 17.3 Å². The Morgan fingerprint density at radius 2 is 1.56 bits per heavy atom. The Bertz CT molecular complexity index is 856. The van der Waals surface area contributed by atoms with E-state index in [1.54, 1.807) is 0 Å². The topological polar surface area (TPSA) is 40.5 Å². The number of halogens is 8. The Balaban J connectivity index is 2.61. The standard InChI is InChI=1S/C25H33F8NO2/c1-15(21(35)36)19-20(16-5-7-17(8-6-16)25(31,32)33)34(14-13-23(19,26)27)18(9-11-22(2,3)4)10-12-24(28,29)30/h5-8,15,18-20H,9-14H2,1-4H3,(H,35,36)/t15?,18-,19-,20-/m1/s1. The van der Waals surface area contributed by atoms with Crippen LogP contribution in [0.2, 0.25) is 0 Å². The Hall–Kier alpha value is -1.91. The zero-order chi connectivity index (χ0) is 27.7. The molecule has 2 rings (SSSR count). The lowest BCUT2D eigenvalue weighted by molar-refractivity contribution is -0.179. The molecule has 1 heterocycles. The van der Waals surface area contributed by atoms with Gasteiger partial charge in [-0.05, 0) is 42.4 Å². The molecule has 0 aliphatic carbocycles. The molecule has 1 aromatic carbocycles. The lowest BCUT2D eigenvalue weighted by Gasteiger charge is -2.50. The molecule has 0 amide bonds. The summed E-state index contributed by atoms with van der Waals surface area (Å²) >= 11 is 0. The minimum atomic E-state index is -4.68. The van der Waals surface area contributed by atoms with Crippen molar-refractivity contribution in [3.8, 4) is 0 Å². The number of likely N-dealkylation sites (tertiary alicyclic amines) is 1. The predicted octanol–water partition coefficient (Wildman–Crippen LogP) is 7.96. The number of alkyl halides is 8. The third-order valence-corrected chi connectivity index (χ3v) is 6.85. The number of carbonyl (C=O) groups is 1. The quantitative estimate of drug-likeness (QED) is 0.346. The van der Waals surface area contributed by atoms with Gasteiger partial charge in [-0.2, -0.15) is 26.3 Å². The molecule has 1 aliphatic rings. The van der Waals surface area contributed by atoms with Crippen LogP contribution in [0.15, 0.2) is 24.3 Å². The van der Waals surface area contributed by atoms with Crippen LogP contribution in [0.25, 0.3) is 0 Å². The van der Waals surface area contributed by atoms with Crippen LogP contribution in [0.5, 0.6) is 0 Å². The summed E-state index contributed by atoms with van der Waals surface area (Å²) in [7, 11) is 0. The monoisotopic (exact) mass is 531 g/mol. The molecule has 36 heavy (non-hydrogen) atoms. The smallest absolute Gasteiger partial charge is 0.416 e. The second-order valence-electron chi connectivity index (χ2n) is 10.9. The first-order valence-corrected chi connectivity index (χ1v) is 11.8. The van der Waals surface area contributed by atoms with Crippen molar-refractivity contribution in [1.29, 1.82) is 0 Å². The fourth-order valence-corrected chi connectivity index (χ4v) is 4.90. The summed E-state index contributed by atoms with van der Waals surface area (Å²) < 4.78 is 109. The molecule has 0 saturated carbocycles. The van der Waals surface area contributed by atoms with Gasteiger partial charge >= 0.3 is 18.3 Å². The van der Waals surface area contributed by atoms with Gasteiger partial charge in [0.15, 0.2) is 0 Å². The molecule has 1 unspecified atom stereocenters. The van der Waals surface area contributed by atoms with Crippen molar-refractivity contribution >= 4 is 5.97 Å². The predicted molar refractivity (Wildman–Crippen MR) is 119 cm³/mol. The second kappa shape index (κ2) is 10.8. The van der Waals surface area contributed by atoms with Gasteiger partial charge in [-0.3, -0.25) is 9.69 Å². The molecule has 206 valence electrons. The molecule has 1 aromatic rings. The average Bonchev–Trinajstić information content (AvgIpc) is 2.71. The SMILES string of the molecule is CC(C(=O)O)[C@@H]1[C@@H](c2ccc(C(F)(F)F)cc2)N([C@H](CCC(C)(C)C)CCC(F)(F)F)CCC1(F)F. The highest BCUT2D eigenvalue weighted by Crippen LogP contribution is 2.50. The number of hydrogen-bond donors (Lipinski definition) is 1. The van der Waals surface area contributed by atoms with Crippen LogP contribution < -0.4 is 0 Å². The largest absolute Gasteiger partial charge is 0.481 e. The van der Waals surface area contributed by atoms with Crippen LogP contribution in [0.1, 0.15) is 77.0 Å². The number of hydrogen-bond acceptors (Lipinski definition) is 2. The highest BCUT2D eigenvalue weighted by Gasteiger charge is 2.55. The van der Waals surface area contributed by atoms with Gasteiger partial charge in [0.2, 0.25) is 0 Å². The van der Waals surface area contributed by atoms with Crippen LogP contribution in [0, 0.1) is 17.3 Å². The normalized spacial score (nSPS) is 23.3. The lowest BCUT2D eigenvalue weighted by Crippen LogP contribution is -2.55. The van der Waals surface area contributed by atoms with Gasteiger partial charge in [-0.1, -0.05) is 39.8 Å². The molecule has 11 heteroatoms. The molecular weight excluding hydrogens is 498 g/mol. The van der Waals surface area contributed by atoms with Crippen molar-refractivity contribution in [2.45, 2.75) is 90.2 Å². The molecule has 1 aliphatic heterocycles. The highest BCUT2D eigenvalue weighted by atomic mass is 19.4. The van der Waals surface area contributed by atoms with E-state index < -0.39 is 73.0 Å². The Morgan fingerprint density at radius 3 is 2.00 bits per heavy atom. The maximum absolute atomic E-state index is 15.2. The molecular formula is C25H33F8NO2. The summed E-state index contributed by atoms with van der Waals surface area (Å²) in [5.74, 6) is -8.44. The number of benzene rings is 1. The fraction of sp³-hybridized carbons (Fsp3) is 0.720. The number of carboxylic acids is 1. The molecule has 1 fully saturated rings. The fourth-order valence-electron chi connectivity index (χ4n) is 4.90. The van der Waals surface area contributed by atoms with E-state index in [0.717, 1.165) is 31.2 Å². The first-order valence-electron chi connectivity index (χ1n) is 11.8. The van der Waals surface area contributed by atoms with Crippen molar-refractivity contribution in [3.63, 3.8) is 0 Å². The van der Waals surface area contributed by atoms with Gasteiger partial charge in [0.1, 0.15) is 0 Å². The molecule has 0 spiro atoms. The van der Waals surface area contributed by atoms with Crippen LogP contribution in [-0.2, 0) is 11.0 Å². The molecule has 1 N–H and O–H groups in total. The number of rotatable bonds is 8. The minimum absolute atomic E-state index is 0.0215. The zero-order valence-electron chi connectivity index (χ0n) is 20.7. The van der Waals surface area contributed by atoms with Crippen LogP contribution in [-0.4, -0.2) is 40.7 Å². The summed E-state index contributed by atoms with van der Waals surface area (Å²) in [5, 5.41) is 9.58. The molecule has 0 aromatic heterocycles. The first-order chi connectivity index (χ1) is 16.2. The number of nitrogens with zero attached hydrogens (tertiary/aromatic N) is 1. The molecule has 0 bridgehead atoms. The van der Waals surface area contributed by atoms with E-state index in [1.165, 1.54) is 4.90 Å². The highest BCUT2D eigenvalue weighted by molar-refractivity contribution is 5.70. The first kappa shape index (κ1) is 30.3. The average molecular weight is 532 g/mol. The van der Waals surface area contributed by atoms with E-state index in [1.807, 2.05) is 20.8 Å². The van der Waals surface area contributed by atoms with E-state index in [2.05, 4.69) is 0 Å². The van der Waals surface area contributed by atoms with Gasteiger partial charge in [-0.15, -0.1) is 0 Å². The number of aliphatic carboxylic acids is 1. The van der Waals surface area contributed by atoms with Crippen molar-refractivity contribution < 1.29 is 45.0 Å². The molecule has 0 radical (unpaired) electrons. The maximum Gasteiger partial charge on any atom is 0.416 e. The second-order valence-corrected chi connectivity index (χ2v) is 10.9. The third-order valence-electron chi connectivity index (χ3n) is 6.85. The third kappa shape index (κ3) is 8.05. The van der Waals surface area contributed by atoms with Gasteiger partial charge in [0.25, 0.3) is 5.92 Å². The Morgan fingerprint density at radius 1 is 1.03 bits per heavy atom. The van der Waals surface area contributed by atoms with Crippen molar-refractivity contribution in [2.75, 3.05) is 6.54 Å². The van der Waals surface area contributed by atoms with E-state index in [9.17, 15) is 36.2 Å². The summed E-state index contributed by atoms with van der Waals surface area (Å²) in [5.41, 5.74) is -1.26.